The van der Waals surface area contributed by atoms with Gasteiger partial charge < -0.3 is 9.84 Å². The van der Waals surface area contributed by atoms with Gasteiger partial charge in [-0.25, -0.2) is 0 Å². The van der Waals surface area contributed by atoms with E-state index in [0.29, 0.717) is 6.04 Å². The molecule has 0 amide bonds. The van der Waals surface area contributed by atoms with Crippen molar-refractivity contribution in [3.05, 3.63) is 28.2 Å². The van der Waals surface area contributed by atoms with Gasteiger partial charge in [0.05, 0.1) is 11.6 Å². The molecule has 0 spiro atoms. The standard InChI is InChI=1S/C15H22BrNO2/c1-19-15-7-6-12(10-14(15)16)11-17(8-3-9-18)13-4-2-5-13/h6-7,10,13,18H,2-5,8-9,11H2,1H3. The minimum Gasteiger partial charge on any atom is -0.496 e. The highest BCUT2D eigenvalue weighted by molar-refractivity contribution is 9.10. The second kappa shape index (κ2) is 7.27. The molecule has 1 saturated carbocycles. The Balaban J connectivity index is 2.01. The van der Waals surface area contributed by atoms with Crippen LogP contribution in [0.15, 0.2) is 22.7 Å². The average molecular weight is 328 g/mol. The summed E-state index contributed by atoms with van der Waals surface area (Å²) >= 11 is 3.53. The van der Waals surface area contributed by atoms with E-state index in [1.54, 1.807) is 7.11 Å². The van der Waals surface area contributed by atoms with Crippen LogP contribution in [-0.4, -0.2) is 36.3 Å². The van der Waals surface area contributed by atoms with E-state index in [2.05, 4.69) is 33.0 Å². The lowest BCUT2D eigenvalue weighted by molar-refractivity contribution is 0.109. The van der Waals surface area contributed by atoms with E-state index in [1.807, 2.05) is 6.07 Å². The monoisotopic (exact) mass is 327 g/mol. The summed E-state index contributed by atoms with van der Waals surface area (Å²) < 4.78 is 6.26. The van der Waals surface area contributed by atoms with Crippen molar-refractivity contribution in [2.75, 3.05) is 20.3 Å². The van der Waals surface area contributed by atoms with E-state index >= 15 is 0 Å². The van der Waals surface area contributed by atoms with Gasteiger partial charge in [-0.2, -0.15) is 0 Å². The Bertz CT molecular complexity index is 407. The number of benzene rings is 1. The molecular formula is C15H22BrNO2. The van der Waals surface area contributed by atoms with Gasteiger partial charge >= 0.3 is 0 Å². The maximum absolute atomic E-state index is 9.02. The molecule has 106 valence electrons. The number of aliphatic hydroxyl groups excluding tert-OH is 1. The highest BCUT2D eigenvalue weighted by Gasteiger charge is 2.24. The number of hydrogen-bond donors (Lipinski definition) is 1. The molecule has 1 N–H and O–H groups in total. The minimum absolute atomic E-state index is 0.273. The van der Waals surface area contributed by atoms with Gasteiger partial charge in [-0.1, -0.05) is 12.5 Å². The van der Waals surface area contributed by atoms with Crippen molar-refractivity contribution in [2.24, 2.45) is 0 Å². The van der Waals surface area contributed by atoms with Gasteiger partial charge in [0.25, 0.3) is 0 Å². The fourth-order valence-corrected chi connectivity index (χ4v) is 3.05. The fourth-order valence-electron chi connectivity index (χ4n) is 2.46. The molecule has 2 rings (SSSR count). The van der Waals surface area contributed by atoms with Gasteiger partial charge in [0.2, 0.25) is 0 Å². The van der Waals surface area contributed by atoms with E-state index in [4.69, 9.17) is 9.84 Å². The van der Waals surface area contributed by atoms with Gasteiger partial charge in [-0.05, 0) is 52.9 Å². The minimum atomic E-state index is 0.273. The summed E-state index contributed by atoms with van der Waals surface area (Å²) in [6.45, 7) is 2.20. The third-order valence-electron chi connectivity index (χ3n) is 3.80. The first kappa shape index (κ1) is 14.8. The van der Waals surface area contributed by atoms with E-state index in [9.17, 15) is 0 Å². The van der Waals surface area contributed by atoms with Gasteiger partial charge in [-0.3, -0.25) is 4.90 Å². The maximum atomic E-state index is 9.02. The molecule has 0 aromatic heterocycles. The molecule has 19 heavy (non-hydrogen) atoms. The third kappa shape index (κ3) is 3.94. The van der Waals surface area contributed by atoms with Crippen LogP contribution in [0.2, 0.25) is 0 Å². The van der Waals surface area contributed by atoms with Crippen LogP contribution in [0, 0.1) is 0 Å². The van der Waals surface area contributed by atoms with Crippen molar-refractivity contribution in [1.29, 1.82) is 0 Å². The van der Waals surface area contributed by atoms with Crippen LogP contribution < -0.4 is 4.74 Å². The Kier molecular flexibility index (Phi) is 5.67. The van der Waals surface area contributed by atoms with Gasteiger partial charge in [0.15, 0.2) is 0 Å². The molecule has 1 aliphatic rings. The molecule has 4 heteroatoms. The summed E-state index contributed by atoms with van der Waals surface area (Å²) in [5.74, 6) is 0.870. The van der Waals surface area contributed by atoms with E-state index < -0.39 is 0 Å². The smallest absolute Gasteiger partial charge is 0.133 e. The zero-order valence-electron chi connectivity index (χ0n) is 11.4. The van der Waals surface area contributed by atoms with Crippen molar-refractivity contribution in [1.82, 2.24) is 4.90 Å². The number of methoxy groups -OCH3 is 1. The first-order valence-corrected chi connectivity index (χ1v) is 7.71. The lowest BCUT2D eigenvalue weighted by Crippen LogP contribution is -2.40. The summed E-state index contributed by atoms with van der Waals surface area (Å²) in [6.07, 6.45) is 4.78. The maximum Gasteiger partial charge on any atom is 0.133 e. The predicted octanol–water partition coefficient (Wildman–Crippen LogP) is 3.19. The quantitative estimate of drug-likeness (QED) is 0.834. The average Bonchev–Trinajstić information content (AvgIpc) is 2.34. The SMILES string of the molecule is COc1ccc(CN(CCCO)C2CCC2)cc1Br. The molecule has 0 heterocycles. The molecule has 3 nitrogen and oxygen atoms in total. The van der Waals surface area contributed by atoms with Crippen molar-refractivity contribution < 1.29 is 9.84 Å². The van der Waals surface area contributed by atoms with Crippen LogP contribution in [0.25, 0.3) is 0 Å². The van der Waals surface area contributed by atoms with E-state index in [0.717, 1.165) is 29.7 Å². The van der Waals surface area contributed by atoms with Crippen LogP contribution in [-0.2, 0) is 6.54 Å². The highest BCUT2D eigenvalue weighted by Crippen LogP contribution is 2.29. The summed E-state index contributed by atoms with van der Waals surface area (Å²) in [5, 5.41) is 9.02. The molecule has 0 radical (unpaired) electrons. The van der Waals surface area contributed by atoms with Gasteiger partial charge in [0.1, 0.15) is 5.75 Å². The molecule has 1 aromatic rings. The lowest BCUT2D eigenvalue weighted by Gasteiger charge is -2.37. The van der Waals surface area contributed by atoms with Gasteiger partial charge in [0, 0.05) is 25.7 Å². The van der Waals surface area contributed by atoms with Crippen LogP contribution >= 0.6 is 15.9 Å². The lowest BCUT2D eigenvalue weighted by atomic mass is 9.91. The van der Waals surface area contributed by atoms with Crippen molar-refractivity contribution in [3.8, 4) is 5.75 Å². The van der Waals surface area contributed by atoms with Crippen LogP contribution in [0.3, 0.4) is 0 Å². The number of nitrogens with zero attached hydrogens (tertiary/aromatic N) is 1. The van der Waals surface area contributed by atoms with Crippen LogP contribution in [0.5, 0.6) is 5.75 Å². The Morgan fingerprint density at radius 2 is 2.21 bits per heavy atom. The molecule has 0 aliphatic heterocycles. The summed E-state index contributed by atoms with van der Waals surface area (Å²) in [7, 11) is 1.68. The van der Waals surface area contributed by atoms with Crippen LogP contribution in [0.4, 0.5) is 0 Å². The largest absolute Gasteiger partial charge is 0.496 e. The first-order chi connectivity index (χ1) is 9.24. The first-order valence-electron chi connectivity index (χ1n) is 6.92. The molecular weight excluding hydrogens is 306 g/mol. The predicted molar refractivity (Wildman–Crippen MR) is 80.4 cm³/mol. The van der Waals surface area contributed by atoms with E-state index in [1.165, 1.54) is 24.8 Å². The zero-order valence-corrected chi connectivity index (χ0v) is 13.0. The molecule has 1 aromatic carbocycles. The number of hydrogen-bond acceptors (Lipinski definition) is 3. The highest BCUT2D eigenvalue weighted by atomic mass is 79.9. The van der Waals surface area contributed by atoms with Crippen LogP contribution in [0.1, 0.15) is 31.2 Å². The normalized spacial score (nSPS) is 15.6. The number of aliphatic hydroxyl groups is 1. The van der Waals surface area contributed by atoms with E-state index in [-0.39, 0.29) is 6.61 Å². The Labute approximate surface area is 123 Å². The topological polar surface area (TPSA) is 32.7 Å². The molecule has 1 aliphatic carbocycles. The number of rotatable bonds is 7. The number of halogens is 1. The molecule has 0 atom stereocenters. The second-order valence-corrected chi connectivity index (χ2v) is 5.96. The Morgan fingerprint density at radius 3 is 2.74 bits per heavy atom. The van der Waals surface area contributed by atoms with Crippen molar-refractivity contribution in [2.45, 2.75) is 38.3 Å². The summed E-state index contributed by atoms with van der Waals surface area (Å²) in [5.41, 5.74) is 1.29. The van der Waals surface area contributed by atoms with Crippen molar-refractivity contribution in [3.63, 3.8) is 0 Å². The molecule has 0 saturated heterocycles. The molecule has 0 unspecified atom stereocenters. The zero-order chi connectivity index (χ0) is 13.7. The molecule has 1 fully saturated rings. The van der Waals surface area contributed by atoms with Crippen molar-refractivity contribution >= 4 is 15.9 Å². The summed E-state index contributed by atoms with van der Waals surface area (Å²) in [4.78, 5) is 2.49. The Hall–Kier alpha value is -0.580. The fraction of sp³-hybridized carbons (Fsp3) is 0.600. The second-order valence-electron chi connectivity index (χ2n) is 5.10. The molecule has 0 bridgehead atoms. The van der Waals surface area contributed by atoms with Gasteiger partial charge in [-0.15, -0.1) is 0 Å². The Morgan fingerprint density at radius 1 is 1.42 bits per heavy atom. The third-order valence-corrected chi connectivity index (χ3v) is 4.42. The number of ether oxygens (including phenoxy) is 1. The summed E-state index contributed by atoms with van der Waals surface area (Å²) in [6, 6.07) is 6.95.